The molecule has 0 saturated heterocycles. The van der Waals surface area contributed by atoms with Crippen molar-refractivity contribution in [1.29, 1.82) is 0 Å². The molecule has 18 heavy (non-hydrogen) atoms. The second kappa shape index (κ2) is 6.25. The van der Waals surface area contributed by atoms with Gasteiger partial charge >= 0.3 is 0 Å². The van der Waals surface area contributed by atoms with E-state index in [0.29, 0.717) is 12.6 Å². The molecule has 0 atom stereocenters. The van der Waals surface area contributed by atoms with E-state index >= 15 is 0 Å². The molecule has 0 aliphatic heterocycles. The molecule has 0 spiro atoms. The Morgan fingerprint density at radius 2 is 1.39 bits per heavy atom. The highest BCUT2D eigenvalue weighted by Gasteiger charge is 2.22. The Morgan fingerprint density at radius 3 is 1.89 bits per heavy atom. The first kappa shape index (κ1) is 14.8. The molecule has 0 unspecified atom stereocenters. The number of benzene rings is 1. The van der Waals surface area contributed by atoms with Gasteiger partial charge in [0.2, 0.25) is 0 Å². The van der Waals surface area contributed by atoms with E-state index < -0.39 is 0 Å². The highest BCUT2D eigenvalue weighted by molar-refractivity contribution is 6.55. The summed E-state index contributed by atoms with van der Waals surface area (Å²) in [6.07, 6.45) is 2.44. The normalized spacial score (nSPS) is 14.9. The quantitative estimate of drug-likeness (QED) is 0.454. The molecular formula is C11H10Cl5NO. The number of halogens is 5. The van der Waals surface area contributed by atoms with Crippen LogP contribution < -0.4 is 10.1 Å². The van der Waals surface area contributed by atoms with Gasteiger partial charge in [-0.25, -0.2) is 0 Å². The highest BCUT2D eigenvalue weighted by atomic mass is 35.5. The fourth-order valence-electron chi connectivity index (χ4n) is 1.42. The fraction of sp³-hybridized carbons (Fsp3) is 0.455. The molecule has 1 aromatic carbocycles. The van der Waals surface area contributed by atoms with E-state index in [1.54, 1.807) is 0 Å². The first-order valence-electron chi connectivity index (χ1n) is 5.40. The molecule has 0 radical (unpaired) electrons. The van der Waals surface area contributed by atoms with E-state index in [1.807, 2.05) is 0 Å². The van der Waals surface area contributed by atoms with Gasteiger partial charge in [-0.05, 0) is 12.8 Å². The molecule has 1 aliphatic rings. The standard InChI is InChI=1S/C11H10Cl5NO/c12-6-7(13)9(15)11(10(16)8(6)14)18-4-3-17-5-1-2-5/h5,17H,1-4H2. The van der Waals surface area contributed by atoms with Crippen molar-refractivity contribution in [2.75, 3.05) is 13.2 Å². The monoisotopic (exact) mass is 347 g/mol. The molecule has 0 bridgehead atoms. The van der Waals surface area contributed by atoms with Crippen LogP contribution in [0.3, 0.4) is 0 Å². The SMILES string of the molecule is Clc1c(Cl)c(Cl)c(OCCNC2CC2)c(Cl)c1Cl. The minimum atomic E-state index is 0.136. The van der Waals surface area contributed by atoms with E-state index in [-0.39, 0.29) is 30.9 Å². The summed E-state index contributed by atoms with van der Waals surface area (Å²) >= 11 is 29.8. The molecule has 0 amide bonds. The van der Waals surface area contributed by atoms with Gasteiger partial charge in [-0.3, -0.25) is 0 Å². The summed E-state index contributed by atoms with van der Waals surface area (Å²) in [5.74, 6) is 0.273. The van der Waals surface area contributed by atoms with Gasteiger partial charge in [-0.15, -0.1) is 0 Å². The van der Waals surface area contributed by atoms with Crippen LogP contribution in [-0.2, 0) is 0 Å². The van der Waals surface area contributed by atoms with Crippen LogP contribution in [0, 0.1) is 0 Å². The molecule has 2 rings (SSSR count). The van der Waals surface area contributed by atoms with Crippen LogP contribution in [-0.4, -0.2) is 19.2 Å². The Labute approximate surface area is 130 Å². The van der Waals surface area contributed by atoms with Gasteiger partial charge in [0.05, 0.1) is 15.1 Å². The topological polar surface area (TPSA) is 21.3 Å². The summed E-state index contributed by atoms with van der Waals surface area (Å²) in [4.78, 5) is 0. The molecule has 2 nitrogen and oxygen atoms in total. The third-order valence-electron chi connectivity index (χ3n) is 2.53. The Kier molecular flexibility index (Phi) is 5.15. The van der Waals surface area contributed by atoms with Crippen LogP contribution >= 0.6 is 58.0 Å². The molecule has 0 heterocycles. The van der Waals surface area contributed by atoms with Crippen LogP contribution in [0.2, 0.25) is 25.1 Å². The second-order valence-corrected chi connectivity index (χ2v) is 5.87. The highest BCUT2D eigenvalue weighted by Crippen LogP contribution is 2.48. The van der Waals surface area contributed by atoms with Crippen molar-refractivity contribution in [3.8, 4) is 5.75 Å². The van der Waals surface area contributed by atoms with Crippen LogP contribution in [0.1, 0.15) is 12.8 Å². The van der Waals surface area contributed by atoms with Crippen LogP contribution in [0.5, 0.6) is 5.75 Å². The second-order valence-electron chi connectivity index (χ2n) is 3.98. The zero-order chi connectivity index (χ0) is 13.3. The van der Waals surface area contributed by atoms with Crippen molar-refractivity contribution in [2.45, 2.75) is 18.9 Å². The van der Waals surface area contributed by atoms with Crippen molar-refractivity contribution < 1.29 is 4.74 Å². The molecule has 1 N–H and O–H groups in total. The average molecular weight is 349 g/mol. The molecule has 7 heteroatoms. The van der Waals surface area contributed by atoms with Gasteiger partial charge in [-0.2, -0.15) is 0 Å². The van der Waals surface area contributed by atoms with Gasteiger partial charge < -0.3 is 10.1 Å². The van der Waals surface area contributed by atoms with E-state index in [2.05, 4.69) is 5.32 Å². The first-order chi connectivity index (χ1) is 8.52. The van der Waals surface area contributed by atoms with E-state index in [9.17, 15) is 0 Å². The summed E-state index contributed by atoms with van der Waals surface area (Å²) in [5.41, 5.74) is 0. The lowest BCUT2D eigenvalue weighted by Crippen LogP contribution is -2.23. The third kappa shape index (κ3) is 3.30. The summed E-state index contributed by atoms with van der Waals surface area (Å²) < 4.78 is 5.51. The molecular weight excluding hydrogens is 339 g/mol. The number of nitrogens with one attached hydrogen (secondary N) is 1. The van der Waals surface area contributed by atoms with Crippen molar-refractivity contribution in [1.82, 2.24) is 5.32 Å². The zero-order valence-corrected chi connectivity index (χ0v) is 13.0. The maximum atomic E-state index is 6.02. The number of hydrogen-bond acceptors (Lipinski definition) is 2. The maximum absolute atomic E-state index is 6.02. The molecule has 0 aromatic heterocycles. The van der Waals surface area contributed by atoms with E-state index in [4.69, 9.17) is 62.7 Å². The Bertz CT molecular complexity index is 432. The first-order valence-corrected chi connectivity index (χ1v) is 7.29. The maximum Gasteiger partial charge on any atom is 0.159 e. The lowest BCUT2D eigenvalue weighted by atomic mass is 10.3. The molecule has 1 aliphatic carbocycles. The van der Waals surface area contributed by atoms with Crippen molar-refractivity contribution in [3.63, 3.8) is 0 Å². The molecule has 1 saturated carbocycles. The summed E-state index contributed by atoms with van der Waals surface area (Å²) in [6, 6.07) is 0.622. The number of rotatable bonds is 5. The molecule has 1 aromatic rings. The Morgan fingerprint density at radius 1 is 0.889 bits per heavy atom. The minimum absolute atomic E-state index is 0.136. The molecule has 1 fully saturated rings. The van der Waals surface area contributed by atoms with Crippen LogP contribution in [0.25, 0.3) is 0 Å². The smallest absolute Gasteiger partial charge is 0.159 e. The van der Waals surface area contributed by atoms with Gasteiger partial charge in [0, 0.05) is 12.6 Å². The van der Waals surface area contributed by atoms with Gasteiger partial charge in [0.25, 0.3) is 0 Å². The van der Waals surface area contributed by atoms with Crippen LogP contribution in [0.15, 0.2) is 0 Å². The summed E-state index contributed by atoms with van der Waals surface area (Å²) in [5, 5.41) is 4.11. The van der Waals surface area contributed by atoms with E-state index in [1.165, 1.54) is 12.8 Å². The lowest BCUT2D eigenvalue weighted by Gasteiger charge is -2.13. The van der Waals surface area contributed by atoms with Crippen molar-refractivity contribution in [2.24, 2.45) is 0 Å². The third-order valence-corrected chi connectivity index (χ3v) is 4.77. The number of ether oxygens (including phenoxy) is 1. The minimum Gasteiger partial charge on any atom is -0.489 e. The van der Waals surface area contributed by atoms with Crippen molar-refractivity contribution in [3.05, 3.63) is 25.1 Å². The van der Waals surface area contributed by atoms with Crippen LogP contribution in [0.4, 0.5) is 0 Å². The predicted molar refractivity (Wildman–Crippen MR) is 78.0 cm³/mol. The fourth-order valence-corrected chi connectivity index (χ4v) is 2.65. The largest absolute Gasteiger partial charge is 0.489 e. The predicted octanol–water partition coefficient (Wildman–Crippen LogP) is 5.08. The molecule has 100 valence electrons. The lowest BCUT2D eigenvalue weighted by molar-refractivity contribution is 0.314. The van der Waals surface area contributed by atoms with E-state index in [0.717, 1.165) is 6.54 Å². The average Bonchev–Trinajstić information content (AvgIpc) is 3.17. The zero-order valence-electron chi connectivity index (χ0n) is 9.20. The Hall–Kier alpha value is 0.430. The Balaban J connectivity index is 2.06. The summed E-state index contributed by atoms with van der Waals surface area (Å²) in [7, 11) is 0. The van der Waals surface area contributed by atoms with Crippen molar-refractivity contribution >= 4 is 58.0 Å². The van der Waals surface area contributed by atoms with Gasteiger partial charge in [-0.1, -0.05) is 58.0 Å². The van der Waals surface area contributed by atoms with Gasteiger partial charge in [0.15, 0.2) is 5.75 Å². The number of hydrogen-bond donors (Lipinski definition) is 1. The summed E-state index contributed by atoms with van der Waals surface area (Å²) in [6.45, 7) is 1.15. The van der Waals surface area contributed by atoms with Gasteiger partial charge in [0.1, 0.15) is 16.7 Å².